The van der Waals surface area contributed by atoms with Crippen LogP contribution in [0.15, 0.2) is 12.2 Å². The van der Waals surface area contributed by atoms with Crippen molar-refractivity contribution in [3.63, 3.8) is 0 Å². The molecule has 0 aliphatic carbocycles. The Morgan fingerprint density at radius 3 is 2.58 bits per heavy atom. The minimum Gasteiger partial charge on any atom is -0.350 e. The fourth-order valence-electron chi connectivity index (χ4n) is 1.12. The number of hydrogen-bond donors (Lipinski definition) is 0. The van der Waals surface area contributed by atoms with Crippen LogP contribution in [0.5, 0.6) is 0 Å². The van der Waals surface area contributed by atoms with Gasteiger partial charge in [0.1, 0.15) is 5.78 Å². The first-order chi connectivity index (χ1) is 5.68. The van der Waals surface area contributed by atoms with Gasteiger partial charge in [-0.15, -0.1) is 0 Å². The molecule has 0 saturated carbocycles. The summed E-state index contributed by atoms with van der Waals surface area (Å²) in [5.74, 6) is 0.134. The lowest BCUT2D eigenvalue weighted by molar-refractivity contribution is -0.126. The van der Waals surface area contributed by atoms with Gasteiger partial charge in [0.15, 0.2) is 6.29 Å². The Bertz CT molecular complexity index is 180. The van der Waals surface area contributed by atoms with Gasteiger partial charge < -0.3 is 9.47 Å². The first-order valence-electron chi connectivity index (χ1n) is 4.08. The Labute approximate surface area is 72.4 Å². The van der Waals surface area contributed by atoms with Crippen molar-refractivity contribution in [2.24, 2.45) is 0 Å². The maximum absolute atomic E-state index is 11.2. The lowest BCUT2D eigenvalue weighted by Crippen LogP contribution is -2.14. The van der Waals surface area contributed by atoms with E-state index in [0.717, 1.165) is 5.57 Å². The number of rotatable bonds is 4. The van der Waals surface area contributed by atoms with E-state index in [0.29, 0.717) is 26.1 Å². The fourth-order valence-corrected chi connectivity index (χ4v) is 1.12. The summed E-state index contributed by atoms with van der Waals surface area (Å²) in [6, 6.07) is 0. The van der Waals surface area contributed by atoms with E-state index in [1.807, 2.05) is 6.92 Å². The van der Waals surface area contributed by atoms with Crippen LogP contribution in [0.4, 0.5) is 0 Å². The maximum atomic E-state index is 11.2. The molecular weight excluding hydrogens is 156 g/mol. The van der Waals surface area contributed by atoms with Gasteiger partial charge in [0.25, 0.3) is 0 Å². The van der Waals surface area contributed by atoms with E-state index in [2.05, 4.69) is 6.58 Å². The van der Waals surface area contributed by atoms with Crippen molar-refractivity contribution in [3.8, 4) is 0 Å². The molecule has 0 atom stereocenters. The summed E-state index contributed by atoms with van der Waals surface area (Å²) in [4.78, 5) is 11.2. The molecule has 0 radical (unpaired) electrons. The highest BCUT2D eigenvalue weighted by atomic mass is 16.7. The van der Waals surface area contributed by atoms with E-state index < -0.39 is 0 Å². The SMILES string of the molecule is C=C(C)CC(=O)CC1OCCO1. The van der Waals surface area contributed by atoms with Crippen molar-refractivity contribution in [1.29, 1.82) is 0 Å². The lowest BCUT2D eigenvalue weighted by atomic mass is 10.1. The van der Waals surface area contributed by atoms with Crippen molar-refractivity contribution in [2.75, 3.05) is 13.2 Å². The minimum absolute atomic E-state index is 0.134. The molecule has 1 aliphatic rings. The summed E-state index contributed by atoms with van der Waals surface area (Å²) in [7, 11) is 0. The number of carbonyl (C=O) groups is 1. The first kappa shape index (κ1) is 9.42. The van der Waals surface area contributed by atoms with E-state index in [4.69, 9.17) is 9.47 Å². The molecule has 1 aliphatic heterocycles. The Balaban J connectivity index is 2.20. The van der Waals surface area contributed by atoms with Crippen LogP contribution in [0.25, 0.3) is 0 Å². The molecule has 0 spiro atoms. The van der Waals surface area contributed by atoms with Gasteiger partial charge in [0.05, 0.1) is 19.6 Å². The second-order valence-corrected chi connectivity index (χ2v) is 3.05. The van der Waals surface area contributed by atoms with Crippen LogP contribution in [0.1, 0.15) is 19.8 Å². The number of allylic oxidation sites excluding steroid dienone is 1. The third kappa shape index (κ3) is 3.15. The molecule has 0 bridgehead atoms. The van der Waals surface area contributed by atoms with Gasteiger partial charge in [0.2, 0.25) is 0 Å². The zero-order chi connectivity index (χ0) is 8.97. The standard InChI is InChI=1S/C9H14O3/c1-7(2)5-8(10)6-9-11-3-4-12-9/h9H,1,3-6H2,2H3. The molecule has 0 aromatic heterocycles. The molecule has 1 fully saturated rings. The van der Waals surface area contributed by atoms with Crippen LogP contribution >= 0.6 is 0 Å². The third-order valence-corrected chi connectivity index (χ3v) is 1.58. The van der Waals surface area contributed by atoms with Crippen molar-refractivity contribution < 1.29 is 14.3 Å². The normalized spacial score (nSPS) is 18.1. The molecule has 1 heterocycles. The highest BCUT2D eigenvalue weighted by molar-refractivity contribution is 5.80. The van der Waals surface area contributed by atoms with Crippen molar-refractivity contribution in [1.82, 2.24) is 0 Å². The second-order valence-electron chi connectivity index (χ2n) is 3.05. The van der Waals surface area contributed by atoms with E-state index >= 15 is 0 Å². The van der Waals surface area contributed by atoms with Crippen LogP contribution in [-0.2, 0) is 14.3 Å². The van der Waals surface area contributed by atoms with Crippen LogP contribution in [0.2, 0.25) is 0 Å². The summed E-state index contributed by atoms with van der Waals surface area (Å²) < 4.78 is 10.3. The molecule has 0 aromatic carbocycles. The quantitative estimate of drug-likeness (QED) is 0.596. The highest BCUT2D eigenvalue weighted by Gasteiger charge is 2.19. The van der Waals surface area contributed by atoms with Gasteiger partial charge in [-0.05, 0) is 6.92 Å². The van der Waals surface area contributed by atoms with Crippen LogP contribution in [-0.4, -0.2) is 25.3 Å². The average Bonchev–Trinajstić information content (AvgIpc) is 2.37. The molecule has 0 amide bonds. The smallest absolute Gasteiger partial charge is 0.164 e. The van der Waals surface area contributed by atoms with Gasteiger partial charge in [-0.2, -0.15) is 0 Å². The number of Topliss-reactive ketones (excluding diaryl/α,β-unsaturated/α-hetero) is 1. The average molecular weight is 170 g/mol. The molecule has 1 rings (SSSR count). The number of ether oxygens (including phenoxy) is 2. The summed E-state index contributed by atoms with van der Waals surface area (Å²) in [5, 5.41) is 0. The lowest BCUT2D eigenvalue weighted by Gasteiger charge is -2.06. The number of hydrogen-bond acceptors (Lipinski definition) is 3. The first-order valence-corrected chi connectivity index (χ1v) is 4.08. The Morgan fingerprint density at radius 2 is 2.08 bits per heavy atom. The molecule has 0 aromatic rings. The van der Waals surface area contributed by atoms with Gasteiger partial charge in [-0.25, -0.2) is 0 Å². The van der Waals surface area contributed by atoms with Crippen LogP contribution < -0.4 is 0 Å². The summed E-state index contributed by atoms with van der Waals surface area (Å²) in [6.45, 7) is 6.71. The van der Waals surface area contributed by atoms with Crippen LogP contribution in [0.3, 0.4) is 0 Å². The van der Waals surface area contributed by atoms with Gasteiger partial charge in [-0.3, -0.25) is 4.79 Å². The van der Waals surface area contributed by atoms with Crippen LogP contribution in [0, 0.1) is 0 Å². The predicted octanol–water partition coefficient (Wildman–Crippen LogP) is 1.28. The molecule has 1 saturated heterocycles. The van der Waals surface area contributed by atoms with Crippen molar-refractivity contribution in [2.45, 2.75) is 26.1 Å². The Hall–Kier alpha value is -0.670. The zero-order valence-corrected chi connectivity index (χ0v) is 7.34. The predicted molar refractivity (Wildman–Crippen MR) is 44.7 cm³/mol. The largest absolute Gasteiger partial charge is 0.350 e. The summed E-state index contributed by atoms with van der Waals surface area (Å²) in [5.41, 5.74) is 0.887. The second kappa shape index (κ2) is 4.38. The summed E-state index contributed by atoms with van der Waals surface area (Å²) in [6.07, 6.45) is 0.479. The molecule has 68 valence electrons. The molecule has 3 nitrogen and oxygen atoms in total. The Morgan fingerprint density at radius 1 is 1.50 bits per heavy atom. The van der Waals surface area contributed by atoms with Gasteiger partial charge >= 0.3 is 0 Å². The van der Waals surface area contributed by atoms with E-state index in [-0.39, 0.29) is 12.1 Å². The monoisotopic (exact) mass is 170 g/mol. The molecule has 12 heavy (non-hydrogen) atoms. The van der Waals surface area contributed by atoms with Gasteiger partial charge in [0, 0.05) is 6.42 Å². The topological polar surface area (TPSA) is 35.5 Å². The van der Waals surface area contributed by atoms with E-state index in [9.17, 15) is 4.79 Å². The van der Waals surface area contributed by atoms with E-state index in [1.54, 1.807) is 0 Å². The van der Waals surface area contributed by atoms with Gasteiger partial charge in [-0.1, -0.05) is 12.2 Å². The minimum atomic E-state index is -0.308. The van der Waals surface area contributed by atoms with Crippen molar-refractivity contribution in [3.05, 3.63) is 12.2 Å². The molecule has 3 heteroatoms. The number of carbonyl (C=O) groups excluding carboxylic acids is 1. The maximum Gasteiger partial charge on any atom is 0.164 e. The Kier molecular flexibility index (Phi) is 3.44. The highest BCUT2D eigenvalue weighted by Crippen LogP contribution is 2.10. The fraction of sp³-hybridized carbons (Fsp3) is 0.667. The third-order valence-electron chi connectivity index (χ3n) is 1.58. The molecule has 0 unspecified atom stereocenters. The van der Waals surface area contributed by atoms with E-state index in [1.165, 1.54) is 0 Å². The summed E-state index contributed by atoms with van der Waals surface area (Å²) >= 11 is 0. The number of ketones is 1. The molecular formula is C9H14O3. The zero-order valence-electron chi connectivity index (χ0n) is 7.34. The van der Waals surface area contributed by atoms with Crippen molar-refractivity contribution >= 4 is 5.78 Å². The molecule has 0 N–H and O–H groups in total.